The quantitative estimate of drug-likeness (QED) is 0.745. The maximum absolute atomic E-state index is 11.9. The zero-order valence-electron chi connectivity index (χ0n) is 8.30. The predicted molar refractivity (Wildman–Crippen MR) is 44.6 cm³/mol. The van der Waals surface area contributed by atoms with Gasteiger partial charge < -0.3 is 15.2 Å². The Kier molecular flexibility index (Phi) is 3.13. The SMILES string of the molecule is COC1CC(NC(=O)C(F)(F)F)(C(=O)O)C1. The van der Waals surface area contributed by atoms with Crippen molar-refractivity contribution in [3.8, 4) is 0 Å². The first-order chi connectivity index (χ1) is 7.21. The summed E-state index contributed by atoms with van der Waals surface area (Å²) in [7, 11) is 1.32. The number of carboxylic acids is 1. The molecule has 0 unspecified atom stereocenters. The van der Waals surface area contributed by atoms with Crippen molar-refractivity contribution in [1.29, 1.82) is 0 Å². The highest BCUT2D eigenvalue weighted by molar-refractivity contribution is 5.90. The summed E-state index contributed by atoms with van der Waals surface area (Å²) in [6.07, 6.45) is -5.85. The lowest BCUT2D eigenvalue weighted by Gasteiger charge is -2.43. The van der Waals surface area contributed by atoms with Crippen LogP contribution in [-0.2, 0) is 14.3 Å². The minimum Gasteiger partial charge on any atom is -0.480 e. The molecule has 0 heterocycles. The molecule has 1 fully saturated rings. The van der Waals surface area contributed by atoms with Gasteiger partial charge in [0.25, 0.3) is 0 Å². The Hall–Kier alpha value is -1.31. The second-order valence-corrected chi connectivity index (χ2v) is 3.61. The van der Waals surface area contributed by atoms with E-state index in [-0.39, 0.29) is 12.8 Å². The number of ether oxygens (including phenoxy) is 1. The molecule has 8 heteroatoms. The molecule has 0 spiro atoms. The van der Waals surface area contributed by atoms with Gasteiger partial charge in [0.05, 0.1) is 6.10 Å². The minimum atomic E-state index is -5.08. The van der Waals surface area contributed by atoms with E-state index in [2.05, 4.69) is 0 Å². The molecule has 1 aliphatic rings. The second kappa shape index (κ2) is 3.93. The molecule has 0 bridgehead atoms. The van der Waals surface area contributed by atoms with Gasteiger partial charge in [-0.1, -0.05) is 0 Å². The van der Waals surface area contributed by atoms with E-state index in [9.17, 15) is 22.8 Å². The third-order valence-electron chi connectivity index (χ3n) is 2.51. The third-order valence-corrected chi connectivity index (χ3v) is 2.51. The van der Waals surface area contributed by atoms with Crippen molar-refractivity contribution in [3.63, 3.8) is 0 Å². The topological polar surface area (TPSA) is 75.6 Å². The Morgan fingerprint density at radius 3 is 2.25 bits per heavy atom. The van der Waals surface area contributed by atoms with Gasteiger partial charge in [-0.05, 0) is 0 Å². The molecule has 16 heavy (non-hydrogen) atoms. The first kappa shape index (κ1) is 12.8. The molecular formula is C8H10F3NO4. The number of alkyl halides is 3. The zero-order valence-corrected chi connectivity index (χ0v) is 8.30. The van der Waals surface area contributed by atoms with Gasteiger partial charge in [-0.15, -0.1) is 0 Å². The summed E-state index contributed by atoms with van der Waals surface area (Å²) in [6, 6.07) is 0. The average Bonchev–Trinajstić information content (AvgIpc) is 2.07. The first-order valence-electron chi connectivity index (χ1n) is 4.37. The van der Waals surface area contributed by atoms with E-state index in [0.29, 0.717) is 0 Å². The van der Waals surface area contributed by atoms with Crippen LogP contribution in [0.3, 0.4) is 0 Å². The summed E-state index contributed by atoms with van der Waals surface area (Å²) < 4.78 is 40.6. The molecule has 92 valence electrons. The van der Waals surface area contributed by atoms with E-state index in [1.165, 1.54) is 12.4 Å². The van der Waals surface area contributed by atoms with Crippen molar-refractivity contribution in [2.24, 2.45) is 0 Å². The highest BCUT2D eigenvalue weighted by Crippen LogP contribution is 2.35. The second-order valence-electron chi connectivity index (χ2n) is 3.61. The van der Waals surface area contributed by atoms with E-state index in [4.69, 9.17) is 9.84 Å². The number of carbonyl (C=O) groups excluding carboxylic acids is 1. The van der Waals surface area contributed by atoms with Crippen LogP contribution in [0.5, 0.6) is 0 Å². The van der Waals surface area contributed by atoms with Crippen LogP contribution in [0.25, 0.3) is 0 Å². The molecular weight excluding hydrogens is 231 g/mol. The molecule has 1 amide bonds. The monoisotopic (exact) mass is 241 g/mol. The van der Waals surface area contributed by atoms with Crippen molar-refractivity contribution in [2.75, 3.05) is 7.11 Å². The van der Waals surface area contributed by atoms with Crippen LogP contribution in [0.4, 0.5) is 13.2 Å². The Balaban J connectivity index is 2.69. The number of nitrogens with one attached hydrogen (secondary N) is 1. The molecule has 0 aliphatic heterocycles. The van der Waals surface area contributed by atoms with Crippen LogP contribution in [0, 0.1) is 0 Å². The van der Waals surface area contributed by atoms with E-state index in [1.54, 1.807) is 0 Å². The van der Waals surface area contributed by atoms with E-state index < -0.39 is 29.7 Å². The van der Waals surface area contributed by atoms with Crippen molar-refractivity contribution in [3.05, 3.63) is 0 Å². The first-order valence-corrected chi connectivity index (χ1v) is 4.37. The summed E-state index contributed by atoms with van der Waals surface area (Å²) in [4.78, 5) is 21.4. The lowest BCUT2D eigenvalue weighted by Crippen LogP contribution is -2.66. The smallest absolute Gasteiger partial charge is 0.471 e. The zero-order chi connectivity index (χ0) is 12.6. The van der Waals surface area contributed by atoms with Crippen LogP contribution in [0.1, 0.15) is 12.8 Å². The standard InChI is InChI=1S/C8H10F3NO4/c1-16-4-2-7(3-4,6(14)15)12-5(13)8(9,10)11/h4H,2-3H2,1H3,(H,12,13)(H,14,15). The molecule has 1 saturated carbocycles. The van der Waals surface area contributed by atoms with Crippen molar-refractivity contribution >= 4 is 11.9 Å². The number of carbonyl (C=O) groups is 2. The highest BCUT2D eigenvalue weighted by Gasteiger charge is 2.55. The van der Waals surface area contributed by atoms with Gasteiger partial charge in [0, 0.05) is 20.0 Å². The largest absolute Gasteiger partial charge is 0.480 e. The summed E-state index contributed by atoms with van der Waals surface area (Å²) in [5.41, 5.74) is -1.85. The highest BCUT2D eigenvalue weighted by atomic mass is 19.4. The molecule has 0 aromatic heterocycles. The van der Waals surface area contributed by atoms with Crippen molar-refractivity contribution in [2.45, 2.75) is 30.7 Å². The fourth-order valence-electron chi connectivity index (χ4n) is 1.50. The molecule has 0 aromatic carbocycles. The predicted octanol–water partition coefficient (Wildman–Crippen LogP) is 0.297. The molecule has 2 N–H and O–H groups in total. The van der Waals surface area contributed by atoms with Crippen LogP contribution >= 0.6 is 0 Å². The summed E-state index contributed by atoms with van der Waals surface area (Å²) in [5, 5.41) is 10.3. The summed E-state index contributed by atoms with van der Waals surface area (Å²) in [5.74, 6) is -3.73. The molecule has 1 aliphatic carbocycles. The maximum Gasteiger partial charge on any atom is 0.471 e. The molecule has 5 nitrogen and oxygen atoms in total. The minimum absolute atomic E-state index is 0.166. The number of hydrogen-bond donors (Lipinski definition) is 2. The Morgan fingerprint density at radius 1 is 1.44 bits per heavy atom. The van der Waals surface area contributed by atoms with Crippen LogP contribution in [0.2, 0.25) is 0 Å². The van der Waals surface area contributed by atoms with Gasteiger partial charge in [0.2, 0.25) is 0 Å². The normalized spacial score (nSPS) is 29.4. The van der Waals surface area contributed by atoms with Gasteiger partial charge >= 0.3 is 18.1 Å². The molecule has 0 atom stereocenters. The molecule has 0 aromatic rings. The summed E-state index contributed by atoms with van der Waals surface area (Å²) >= 11 is 0. The van der Waals surface area contributed by atoms with Crippen LogP contribution in [0.15, 0.2) is 0 Å². The van der Waals surface area contributed by atoms with Gasteiger partial charge in [0.1, 0.15) is 5.54 Å². The Bertz CT molecular complexity index is 309. The number of halogens is 3. The van der Waals surface area contributed by atoms with Crippen molar-refractivity contribution in [1.82, 2.24) is 5.32 Å². The molecule has 0 radical (unpaired) electrons. The average molecular weight is 241 g/mol. The number of aliphatic carboxylic acids is 1. The maximum atomic E-state index is 11.9. The fourth-order valence-corrected chi connectivity index (χ4v) is 1.50. The number of methoxy groups -OCH3 is 1. The van der Waals surface area contributed by atoms with E-state index >= 15 is 0 Å². The number of rotatable bonds is 3. The number of amides is 1. The third kappa shape index (κ3) is 2.26. The van der Waals surface area contributed by atoms with Gasteiger partial charge in [-0.25, -0.2) is 4.79 Å². The lowest BCUT2D eigenvalue weighted by atomic mass is 9.74. The van der Waals surface area contributed by atoms with Gasteiger partial charge in [-0.3, -0.25) is 4.79 Å². The molecule has 1 rings (SSSR count). The van der Waals surface area contributed by atoms with Gasteiger partial charge in [-0.2, -0.15) is 13.2 Å². The number of carboxylic acid groups (broad SMARTS) is 1. The fraction of sp³-hybridized carbons (Fsp3) is 0.750. The Morgan fingerprint density at radius 2 is 1.94 bits per heavy atom. The van der Waals surface area contributed by atoms with Crippen LogP contribution in [-0.4, -0.2) is 41.9 Å². The van der Waals surface area contributed by atoms with Gasteiger partial charge in [0.15, 0.2) is 0 Å². The number of hydrogen-bond acceptors (Lipinski definition) is 3. The molecule has 0 saturated heterocycles. The Labute approximate surface area is 88.6 Å². The van der Waals surface area contributed by atoms with Crippen LogP contribution < -0.4 is 5.32 Å². The van der Waals surface area contributed by atoms with Crippen molar-refractivity contribution < 1.29 is 32.6 Å². The van der Waals surface area contributed by atoms with E-state index in [1.807, 2.05) is 0 Å². The van der Waals surface area contributed by atoms with E-state index in [0.717, 1.165) is 0 Å². The summed E-state index contributed by atoms with van der Waals surface area (Å²) in [6.45, 7) is 0. The lowest BCUT2D eigenvalue weighted by molar-refractivity contribution is -0.182.